The van der Waals surface area contributed by atoms with Crippen molar-refractivity contribution in [3.8, 4) is 5.82 Å². The third-order valence-corrected chi connectivity index (χ3v) is 6.51. The molecule has 1 aliphatic heterocycles. The van der Waals surface area contributed by atoms with Crippen LogP contribution in [0.4, 0.5) is 5.69 Å². The lowest BCUT2D eigenvalue weighted by Gasteiger charge is -2.22. The van der Waals surface area contributed by atoms with Gasteiger partial charge in [0.05, 0.1) is 23.3 Å². The number of likely N-dealkylation sites (N-methyl/N-ethyl adjacent to an activating group) is 1. The van der Waals surface area contributed by atoms with Gasteiger partial charge in [0.15, 0.2) is 0 Å². The maximum atomic E-state index is 13.2. The monoisotopic (exact) mass is 432 g/mol. The van der Waals surface area contributed by atoms with Gasteiger partial charge in [-0.25, -0.2) is 4.40 Å². The molecule has 8 heteroatoms. The molecule has 1 aliphatic rings. The molecule has 1 atom stereocenters. The zero-order valence-electron chi connectivity index (χ0n) is 19.4. The van der Waals surface area contributed by atoms with Crippen LogP contribution in [0.3, 0.4) is 0 Å². The molecule has 32 heavy (non-hydrogen) atoms. The van der Waals surface area contributed by atoms with Crippen LogP contribution in [0.15, 0.2) is 41.6 Å². The van der Waals surface area contributed by atoms with Gasteiger partial charge < -0.3 is 9.80 Å². The minimum Gasteiger partial charge on any atom is -0.369 e. The van der Waals surface area contributed by atoms with Crippen LogP contribution in [-0.4, -0.2) is 57.0 Å². The fraction of sp³-hybridized carbons (Fsp3) is 0.417. The number of pyridine rings is 1. The molecule has 0 unspecified atom stereocenters. The Labute approximate surface area is 187 Å². The van der Waals surface area contributed by atoms with Crippen LogP contribution in [0.25, 0.3) is 17.0 Å². The standard InChI is InChI=1S/C24H30N7O/c1-6-20-21-8-10-30(31(21)13-17(3)25-20)22-12-23(32)29-15-19(11-16(2)24(29)26-22)28-9-7-18(14-28)27(4)5/h8,10-13,15,18H,6-7,9,14H2,1-5H3/q+1/t18-/m1/s1. The summed E-state index contributed by atoms with van der Waals surface area (Å²) in [5, 5.41) is 0. The zero-order chi connectivity index (χ0) is 22.6. The average Bonchev–Trinajstić information content (AvgIpc) is 3.41. The van der Waals surface area contributed by atoms with Gasteiger partial charge in [-0.2, -0.15) is 4.52 Å². The summed E-state index contributed by atoms with van der Waals surface area (Å²) in [5.74, 6) is 0.604. The largest absolute Gasteiger partial charge is 0.369 e. The molecular formula is C24H30N7O+. The number of hydrogen-bond donors (Lipinski definition) is 0. The van der Waals surface area contributed by atoms with E-state index in [1.807, 2.05) is 47.7 Å². The third-order valence-electron chi connectivity index (χ3n) is 6.51. The van der Waals surface area contributed by atoms with Gasteiger partial charge in [-0.3, -0.25) is 9.78 Å². The van der Waals surface area contributed by atoms with Gasteiger partial charge >= 0.3 is 5.82 Å². The Morgan fingerprint density at radius 3 is 2.72 bits per heavy atom. The minimum atomic E-state index is -0.0813. The predicted molar refractivity (Wildman–Crippen MR) is 125 cm³/mol. The van der Waals surface area contributed by atoms with Gasteiger partial charge in [-0.05, 0) is 51.8 Å². The number of rotatable bonds is 4. The second-order valence-corrected chi connectivity index (χ2v) is 8.95. The van der Waals surface area contributed by atoms with Crippen LogP contribution in [0.2, 0.25) is 0 Å². The second kappa shape index (κ2) is 7.70. The van der Waals surface area contributed by atoms with Crippen molar-refractivity contribution < 1.29 is 4.68 Å². The van der Waals surface area contributed by atoms with Crippen molar-refractivity contribution in [2.75, 3.05) is 32.1 Å². The number of anilines is 1. The molecule has 0 amide bonds. The van der Waals surface area contributed by atoms with E-state index >= 15 is 0 Å². The lowest BCUT2D eigenvalue weighted by Crippen LogP contribution is -2.39. The van der Waals surface area contributed by atoms with Gasteiger partial charge in [-0.1, -0.05) is 6.92 Å². The molecule has 5 rings (SSSR count). The van der Waals surface area contributed by atoms with Gasteiger partial charge in [0.2, 0.25) is 0 Å². The average molecular weight is 433 g/mol. The lowest BCUT2D eigenvalue weighted by molar-refractivity contribution is -0.670. The topological polar surface area (TPSA) is 62.0 Å². The van der Waals surface area contributed by atoms with Crippen LogP contribution >= 0.6 is 0 Å². The summed E-state index contributed by atoms with van der Waals surface area (Å²) in [7, 11) is 4.25. The van der Waals surface area contributed by atoms with E-state index in [1.54, 1.807) is 10.5 Å². The Kier molecular flexibility index (Phi) is 4.97. The summed E-state index contributed by atoms with van der Waals surface area (Å²) < 4.78 is 5.62. The highest BCUT2D eigenvalue weighted by molar-refractivity contribution is 5.58. The van der Waals surface area contributed by atoms with E-state index in [1.165, 1.54) is 0 Å². The SMILES string of the molecule is CCc1nc(C)cn2c1cc[n+]2-c1cc(=O)n2cc(N3CC[C@@H](N(C)C)C3)cc(C)c2n1. The lowest BCUT2D eigenvalue weighted by atomic mass is 10.2. The van der Waals surface area contributed by atoms with Crippen molar-refractivity contribution in [3.05, 3.63) is 64.1 Å². The summed E-state index contributed by atoms with van der Waals surface area (Å²) >= 11 is 0. The van der Waals surface area contributed by atoms with E-state index in [0.717, 1.165) is 54.1 Å². The molecule has 1 fully saturated rings. The molecule has 4 aromatic rings. The summed E-state index contributed by atoms with van der Waals surface area (Å²) in [6.45, 7) is 8.07. The molecule has 8 nitrogen and oxygen atoms in total. The number of fused-ring (bicyclic) bond motifs is 2. The maximum absolute atomic E-state index is 13.2. The second-order valence-electron chi connectivity index (χ2n) is 8.95. The first kappa shape index (κ1) is 20.6. The van der Waals surface area contributed by atoms with Crippen LogP contribution in [0, 0.1) is 13.8 Å². The zero-order valence-corrected chi connectivity index (χ0v) is 19.4. The normalized spacial score (nSPS) is 16.7. The van der Waals surface area contributed by atoms with Crippen LogP contribution in [-0.2, 0) is 6.42 Å². The van der Waals surface area contributed by atoms with E-state index in [2.05, 4.69) is 41.9 Å². The van der Waals surface area contributed by atoms with Gasteiger partial charge in [-0.15, -0.1) is 4.68 Å². The first-order chi connectivity index (χ1) is 15.4. The summed E-state index contributed by atoms with van der Waals surface area (Å²) in [6, 6.07) is 6.32. The third kappa shape index (κ3) is 3.35. The fourth-order valence-corrected chi connectivity index (χ4v) is 4.71. The van der Waals surface area contributed by atoms with Gasteiger partial charge in [0.25, 0.3) is 11.2 Å². The van der Waals surface area contributed by atoms with E-state index in [4.69, 9.17) is 4.98 Å². The molecule has 4 aromatic heterocycles. The highest BCUT2D eigenvalue weighted by Crippen LogP contribution is 2.24. The molecule has 0 bridgehead atoms. The Morgan fingerprint density at radius 2 is 2.00 bits per heavy atom. The molecule has 0 spiro atoms. The predicted octanol–water partition coefficient (Wildman–Crippen LogP) is 1.94. The Hall–Kier alpha value is -3.26. The van der Waals surface area contributed by atoms with E-state index in [-0.39, 0.29) is 5.56 Å². The van der Waals surface area contributed by atoms with Crippen molar-refractivity contribution in [1.82, 2.24) is 23.8 Å². The van der Waals surface area contributed by atoms with E-state index in [0.29, 0.717) is 17.5 Å². The molecule has 5 heterocycles. The first-order valence-corrected chi connectivity index (χ1v) is 11.2. The Morgan fingerprint density at radius 1 is 1.19 bits per heavy atom. The Bertz CT molecular complexity index is 1380. The molecule has 0 radical (unpaired) electrons. The maximum Gasteiger partial charge on any atom is 0.354 e. The number of nitrogens with zero attached hydrogens (tertiary/aromatic N) is 7. The van der Waals surface area contributed by atoms with E-state index < -0.39 is 0 Å². The summed E-state index contributed by atoms with van der Waals surface area (Å²) in [6.07, 6.45) is 7.83. The first-order valence-electron chi connectivity index (χ1n) is 11.2. The molecule has 0 saturated carbocycles. The van der Waals surface area contributed by atoms with Crippen LogP contribution < -0.4 is 15.1 Å². The van der Waals surface area contributed by atoms with Gasteiger partial charge in [0.1, 0.15) is 17.8 Å². The molecule has 0 aromatic carbocycles. The molecule has 0 aliphatic carbocycles. The Balaban J connectivity index is 1.61. The highest BCUT2D eigenvalue weighted by atomic mass is 16.1. The number of aromatic nitrogens is 5. The van der Waals surface area contributed by atoms with Crippen LogP contribution in [0.1, 0.15) is 30.3 Å². The molecule has 166 valence electrons. The minimum absolute atomic E-state index is 0.0813. The smallest absolute Gasteiger partial charge is 0.354 e. The fourth-order valence-electron chi connectivity index (χ4n) is 4.71. The van der Waals surface area contributed by atoms with Crippen molar-refractivity contribution in [1.29, 1.82) is 0 Å². The van der Waals surface area contributed by atoms with E-state index in [9.17, 15) is 4.79 Å². The number of aryl methyl sites for hydroxylation is 3. The van der Waals surface area contributed by atoms with Crippen molar-refractivity contribution >= 4 is 16.9 Å². The summed E-state index contributed by atoms with van der Waals surface area (Å²) in [5.41, 5.74) is 5.65. The van der Waals surface area contributed by atoms with Crippen molar-refractivity contribution in [2.24, 2.45) is 0 Å². The summed E-state index contributed by atoms with van der Waals surface area (Å²) in [4.78, 5) is 27.3. The molecular weight excluding hydrogens is 402 g/mol. The van der Waals surface area contributed by atoms with Crippen molar-refractivity contribution in [2.45, 2.75) is 39.7 Å². The van der Waals surface area contributed by atoms with Gasteiger partial charge in [0, 0.05) is 37.0 Å². The quantitative estimate of drug-likeness (QED) is 0.461. The molecule has 0 N–H and O–H groups in total. The van der Waals surface area contributed by atoms with Crippen LogP contribution in [0.5, 0.6) is 0 Å². The molecule has 1 saturated heterocycles. The van der Waals surface area contributed by atoms with Crippen molar-refractivity contribution in [3.63, 3.8) is 0 Å². The number of hydrogen-bond acceptors (Lipinski definition) is 5. The highest BCUT2D eigenvalue weighted by Gasteiger charge is 2.26.